The Bertz CT molecular complexity index is 510. The van der Waals surface area contributed by atoms with E-state index in [1.54, 1.807) is 6.07 Å². The molecule has 0 aliphatic heterocycles. The molecule has 104 valence electrons. The number of rotatable bonds is 4. The molecule has 2 bridgehead atoms. The molecule has 0 spiro atoms. The van der Waals surface area contributed by atoms with Crippen molar-refractivity contribution in [2.75, 3.05) is 5.32 Å². The monoisotopic (exact) mass is 261 g/mol. The van der Waals surface area contributed by atoms with Crippen LogP contribution in [0.15, 0.2) is 10.9 Å². The predicted molar refractivity (Wildman–Crippen MR) is 76.3 cm³/mol. The van der Waals surface area contributed by atoms with Crippen LogP contribution in [0.5, 0.6) is 0 Å². The second-order valence-electron chi connectivity index (χ2n) is 6.20. The molecule has 0 aromatic carbocycles. The van der Waals surface area contributed by atoms with Gasteiger partial charge in [-0.15, -0.1) is 0 Å². The van der Waals surface area contributed by atoms with Crippen LogP contribution in [-0.2, 0) is 6.42 Å². The number of hydrogen-bond donors (Lipinski definition) is 2. The Morgan fingerprint density at radius 2 is 2.32 bits per heavy atom. The van der Waals surface area contributed by atoms with Gasteiger partial charge in [-0.2, -0.15) is 0 Å². The van der Waals surface area contributed by atoms with Crippen molar-refractivity contribution in [3.63, 3.8) is 0 Å². The van der Waals surface area contributed by atoms with Crippen LogP contribution in [0.3, 0.4) is 0 Å². The maximum absolute atomic E-state index is 11.6. The van der Waals surface area contributed by atoms with Crippen LogP contribution in [0.2, 0.25) is 0 Å². The third-order valence-electron chi connectivity index (χ3n) is 4.94. The fourth-order valence-electron chi connectivity index (χ4n) is 4.00. The number of aromatic nitrogens is 2. The largest absolute Gasteiger partial charge is 0.367 e. The van der Waals surface area contributed by atoms with Gasteiger partial charge in [-0.25, -0.2) is 4.98 Å². The molecule has 2 saturated carbocycles. The van der Waals surface area contributed by atoms with E-state index in [0.29, 0.717) is 6.04 Å². The highest BCUT2D eigenvalue weighted by Gasteiger charge is 2.41. The van der Waals surface area contributed by atoms with Gasteiger partial charge in [0.15, 0.2) is 0 Å². The van der Waals surface area contributed by atoms with Gasteiger partial charge in [0.2, 0.25) is 0 Å². The Morgan fingerprint density at radius 1 is 1.47 bits per heavy atom. The van der Waals surface area contributed by atoms with Gasteiger partial charge in [-0.3, -0.25) is 4.79 Å². The van der Waals surface area contributed by atoms with Gasteiger partial charge in [0.1, 0.15) is 11.6 Å². The molecule has 0 radical (unpaired) electrons. The molecular weight excluding hydrogens is 238 g/mol. The van der Waals surface area contributed by atoms with Gasteiger partial charge in [0.05, 0.1) is 0 Å². The Balaban J connectivity index is 1.71. The van der Waals surface area contributed by atoms with E-state index in [0.717, 1.165) is 35.8 Å². The van der Waals surface area contributed by atoms with Gasteiger partial charge < -0.3 is 10.3 Å². The minimum Gasteiger partial charge on any atom is -0.367 e. The van der Waals surface area contributed by atoms with Crippen LogP contribution in [0, 0.1) is 17.8 Å². The average Bonchev–Trinajstić information content (AvgIpc) is 3.00. The second-order valence-corrected chi connectivity index (χ2v) is 6.20. The quantitative estimate of drug-likeness (QED) is 0.875. The number of aryl methyl sites for hydroxylation is 1. The first-order chi connectivity index (χ1) is 9.15. The van der Waals surface area contributed by atoms with Crippen LogP contribution in [-0.4, -0.2) is 16.0 Å². The Labute approximate surface area is 114 Å². The van der Waals surface area contributed by atoms with Gasteiger partial charge >= 0.3 is 0 Å². The first-order valence-electron chi connectivity index (χ1n) is 7.52. The number of fused-ring (bicyclic) bond motifs is 2. The zero-order chi connectivity index (χ0) is 13.4. The maximum Gasteiger partial charge on any atom is 0.252 e. The normalized spacial score (nSPS) is 30.5. The van der Waals surface area contributed by atoms with Gasteiger partial charge in [-0.05, 0) is 43.9 Å². The zero-order valence-electron chi connectivity index (χ0n) is 11.8. The number of nitrogens with one attached hydrogen (secondary N) is 2. The minimum absolute atomic E-state index is 0.0607. The topological polar surface area (TPSA) is 57.8 Å². The highest BCUT2D eigenvalue weighted by atomic mass is 16.1. The van der Waals surface area contributed by atoms with Crippen molar-refractivity contribution < 1.29 is 0 Å². The summed E-state index contributed by atoms with van der Waals surface area (Å²) in [5.74, 6) is 4.09. The van der Waals surface area contributed by atoms with E-state index < -0.39 is 0 Å². The molecule has 0 amide bonds. The molecule has 4 nitrogen and oxygen atoms in total. The number of aromatic amines is 1. The van der Waals surface area contributed by atoms with E-state index >= 15 is 0 Å². The van der Waals surface area contributed by atoms with Gasteiger partial charge in [0.25, 0.3) is 5.56 Å². The number of nitrogens with zero attached hydrogens (tertiary/aromatic N) is 1. The summed E-state index contributed by atoms with van der Waals surface area (Å²) in [6.07, 6.45) is 6.34. The van der Waals surface area contributed by atoms with Gasteiger partial charge in [-0.1, -0.05) is 13.3 Å². The molecule has 0 saturated heterocycles. The minimum atomic E-state index is -0.0607. The fraction of sp³-hybridized carbons (Fsp3) is 0.733. The first kappa shape index (κ1) is 12.7. The van der Waals surface area contributed by atoms with E-state index in [-0.39, 0.29) is 5.56 Å². The second kappa shape index (κ2) is 4.99. The van der Waals surface area contributed by atoms with Crippen LogP contribution >= 0.6 is 0 Å². The Hall–Kier alpha value is -1.32. The average molecular weight is 261 g/mol. The molecule has 4 unspecified atom stereocenters. The van der Waals surface area contributed by atoms with Crippen molar-refractivity contribution in [1.29, 1.82) is 0 Å². The Morgan fingerprint density at radius 3 is 2.95 bits per heavy atom. The third-order valence-corrected chi connectivity index (χ3v) is 4.94. The summed E-state index contributed by atoms with van der Waals surface area (Å²) in [6, 6.07) is 1.98. The molecule has 4 atom stereocenters. The summed E-state index contributed by atoms with van der Waals surface area (Å²) >= 11 is 0. The lowest BCUT2D eigenvalue weighted by atomic mass is 9.84. The SMILES string of the molecule is CCc1nc(NC(C)C2CC3CCC2C3)cc(=O)[nH]1. The zero-order valence-corrected chi connectivity index (χ0v) is 11.8. The maximum atomic E-state index is 11.6. The molecule has 4 heteroatoms. The lowest BCUT2D eigenvalue weighted by Crippen LogP contribution is -2.31. The number of anilines is 1. The van der Waals surface area contributed by atoms with E-state index in [2.05, 4.69) is 22.2 Å². The summed E-state index contributed by atoms with van der Waals surface area (Å²) in [5.41, 5.74) is -0.0607. The molecule has 1 aromatic rings. The molecular formula is C15H23N3O. The summed E-state index contributed by atoms with van der Waals surface area (Å²) in [6.45, 7) is 4.24. The van der Waals surface area contributed by atoms with E-state index in [1.807, 2.05) is 6.92 Å². The van der Waals surface area contributed by atoms with Crippen molar-refractivity contribution >= 4 is 5.82 Å². The molecule has 1 heterocycles. The molecule has 2 aliphatic rings. The molecule has 19 heavy (non-hydrogen) atoms. The molecule has 3 rings (SSSR count). The summed E-state index contributed by atoms with van der Waals surface area (Å²) in [5, 5.41) is 3.45. The number of H-pyrrole nitrogens is 1. The first-order valence-corrected chi connectivity index (χ1v) is 7.52. The van der Waals surface area contributed by atoms with Crippen LogP contribution in [0.1, 0.15) is 45.4 Å². The van der Waals surface area contributed by atoms with E-state index in [9.17, 15) is 4.79 Å². The summed E-state index contributed by atoms with van der Waals surface area (Å²) in [7, 11) is 0. The smallest absolute Gasteiger partial charge is 0.252 e. The molecule has 1 aromatic heterocycles. The predicted octanol–water partition coefficient (Wildman–Crippen LogP) is 2.57. The lowest BCUT2D eigenvalue weighted by Gasteiger charge is -2.28. The highest BCUT2D eigenvalue weighted by molar-refractivity contribution is 5.34. The number of hydrogen-bond acceptors (Lipinski definition) is 3. The summed E-state index contributed by atoms with van der Waals surface area (Å²) < 4.78 is 0. The van der Waals surface area contributed by atoms with Crippen LogP contribution in [0.4, 0.5) is 5.82 Å². The highest BCUT2D eigenvalue weighted by Crippen LogP contribution is 2.49. The third kappa shape index (κ3) is 2.53. The molecule has 2 fully saturated rings. The van der Waals surface area contributed by atoms with Crippen molar-refractivity contribution in [1.82, 2.24) is 9.97 Å². The lowest BCUT2D eigenvalue weighted by molar-refractivity contribution is 0.304. The van der Waals surface area contributed by atoms with Gasteiger partial charge in [0, 0.05) is 18.5 Å². The van der Waals surface area contributed by atoms with Crippen molar-refractivity contribution in [2.24, 2.45) is 17.8 Å². The molecule has 2 N–H and O–H groups in total. The fourth-order valence-corrected chi connectivity index (χ4v) is 4.00. The van der Waals surface area contributed by atoms with Crippen molar-refractivity contribution in [2.45, 2.75) is 52.0 Å². The van der Waals surface area contributed by atoms with Crippen LogP contribution in [0.25, 0.3) is 0 Å². The van der Waals surface area contributed by atoms with Crippen LogP contribution < -0.4 is 10.9 Å². The Kier molecular flexibility index (Phi) is 3.33. The summed E-state index contributed by atoms with van der Waals surface area (Å²) in [4.78, 5) is 18.8. The van der Waals surface area contributed by atoms with E-state index in [4.69, 9.17) is 0 Å². The van der Waals surface area contributed by atoms with E-state index in [1.165, 1.54) is 25.7 Å². The standard InChI is InChI=1S/C15H23N3O/c1-3-13-17-14(8-15(19)18-13)16-9(2)12-7-10-4-5-11(12)6-10/h8-12H,3-7H2,1-2H3,(H2,16,17,18,19). The van der Waals surface area contributed by atoms with Crippen molar-refractivity contribution in [3.05, 3.63) is 22.2 Å². The molecule has 2 aliphatic carbocycles. The van der Waals surface area contributed by atoms with Crippen molar-refractivity contribution in [3.8, 4) is 0 Å².